The quantitative estimate of drug-likeness (QED) is 0.568. The van der Waals surface area contributed by atoms with Gasteiger partial charge in [-0.15, -0.1) is 0 Å². The molecule has 4 rings (SSSR count). The lowest BCUT2D eigenvalue weighted by atomic mass is 9.95. The Hall–Kier alpha value is -3.53. The number of hydrogen-bond donors (Lipinski definition) is 2. The van der Waals surface area contributed by atoms with E-state index >= 15 is 0 Å². The molecule has 0 bridgehead atoms. The van der Waals surface area contributed by atoms with Crippen molar-refractivity contribution in [3.05, 3.63) is 53.3 Å². The highest BCUT2D eigenvalue weighted by molar-refractivity contribution is 6.33. The van der Waals surface area contributed by atoms with Crippen molar-refractivity contribution in [2.45, 2.75) is 25.8 Å². The Labute approximate surface area is 195 Å². The van der Waals surface area contributed by atoms with Gasteiger partial charge < -0.3 is 15.0 Å². The van der Waals surface area contributed by atoms with E-state index in [1.54, 1.807) is 35.5 Å². The number of carbonyl (C=O) groups excluding carboxylic acids is 2. The first-order valence-corrected chi connectivity index (χ1v) is 11.0. The number of halogens is 1. The Morgan fingerprint density at radius 3 is 2.64 bits per heavy atom. The summed E-state index contributed by atoms with van der Waals surface area (Å²) in [6.45, 7) is 2.81. The van der Waals surface area contributed by atoms with Crippen molar-refractivity contribution in [3.63, 3.8) is 0 Å². The van der Waals surface area contributed by atoms with Crippen LogP contribution in [0.3, 0.4) is 0 Å². The number of ether oxygens (including phenoxy) is 1. The summed E-state index contributed by atoms with van der Waals surface area (Å²) in [5, 5.41) is 10.4. The summed E-state index contributed by atoms with van der Waals surface area (Å²) < 4.78 is 5.14. The van der Waals surface area contributed by atoms with Crippen LogP contribution in [0.4, 0.5) is 0 Å². The zero-order chi connectivity index (χ0) is 23.4. The number of aromatic amines is 1. The maximum absolute atomic E-state index is 13.0. The molecule has 33 heavy (non-hydrogen) atoms. The third-order valence-electron chi connectivity index (χ3n) is 5.61. The zero-order valence-corrected chi connectivity index (χ0v) is 19.0. The topological polar surface area (TPSA) is 126 Å². The second kappa shape index (κ2) is 9.95. The molecule has 0 radical (unpaired) electrons. The monoisotopic (exact) mass is 469 g/mol. The molecular formula is C22H24ClN7O3. The van der Waals surface area contributed by atoms with Gasteiger partial charge in [0.25, 0.3) is 5.91 Å². The van der Waals surface area contributed by atoms with E-state index in [4.69, 9.17) is 16.3 Å². The van der Waals surface area contributed by atoms with Gasteiger partial charge >= 0.3 is 0 Å². The van der Waals surface area contributed by atoms with Gasteiger partial charge in [-0.1, -0.05) is 11.6 Å². The summed E-state index contributed by atoms with van der Waals surface area (Å²) in [5.41, 5.74) is 1.50. The summed E-state index contributed by atoms with van der Waals surface area (Å²) in [6, 6.07) is 4.78. The van der Waals surface area contributed by atoms with Gasteiger partial charge in [-0.3, -0.25) is 14.7 Å². The number of methoxy groups -OCH3 is 1. The van der Waals surface area contributed by atoms with Crippen molar-refractivity contribution in [2.24, 2.45) is 5.92 Å². The van der Waals surface area contributed by atoms with Crippen LogP contribution >= 0.6 is 11.6 Å². The minimum absolute atomic E-state index is 0.0489. The number of likely N-dealkylation sites (tertiary alicyclic amines) is 1. The van der Waals surface area contributed by atoms with E-state index in [1.807, 2.05) is 6.92 Å². The molecule has 1 saturated heterocycles. The predicted molar refractivity (Wildman–Crippen MR) is 121 cm³/mol. The van der Waals surface area contributed by atoms with Crippen molar-refractivity contribution in [3.8, 4) is 17.1 Å². The van der Waals surface area contributed by atoms with Crippen LogP contribution in [-0.2, 0) is 4.79 Å². The Morgan fingerprint density at radius 2 is 1.94 bits per heavy atom. The maximum Gasteiger partial charge on any atom is 0.271 e. The smallest absolute Gasteiger partial charge is 0.271 e. The van der Waals surface area contributed by atoms with Crippen LogP contribution in [0, 0.1) is 5.92 Å². The van der Waals surface area contributed by atoms with Crippen molar-refractivity contribution in [1.82, 2.24) is 35.4 Å². The van der Waals surface area contributed by atoms with E-state index in [0.29, 0.717) is 59.6 Å². The number of hydrogen-bond acceptors (Lipinski definition) is 7. The van der Waals surface area contributed by atoms with Gasteiger partial charge in [0.1, 0.15) is 11.5 Å². The molecule has 2 N–H and O–H groups in total. The largest absolute Gasteiger partial charge is 0.481 e. The molecule has 0 aliphatic carbocycles. The van der Waals surface area contributed by atoms with Crippen LogP contribution in [0.25, 0.3) is 11.3 Å². The molecule has 3 aromatic heterocycles. The van der Waals surface area contributed by atoms with Gasteiger partial charge in [0.15, 0.2) is 0 Å². The number of amides is 2. The average Bonchev–Trinajstić information content (AvgIpc) is 3.34. The van der Waals surface area contributed by atoms with Crippen molar-refractivity contribution in [1.29, 1.82) is 0 Å². The van der Waals surface area contributed by atoms with E-state index in [9.17, 15) is 9.59 Å². The molecule has 11 heteroatoms. The fraction of sp³-hybridized carbons (Fsp3) is 0.364. The van der Waals surface area contributed by atoms with Crippen molar-refractivity contribution < 1.29 is 14.3 Å². The number of aromatic nitrogens is 5. The highest BCUT2D eigenvalue weighted by atomic mass is 35.5. The first kappa shape index (κ1) is 22.7. The van der Waals surface area contributed by atoms with E-state index in [1.165, 1.54) is 13.3 Å². The molecule has 1 aliphatic rings. The lowest BCUT2D eigenvalue weighted by Crippen LogP contribution is -2.43. The summed E-state index contributed by atoms with van der Waals surface area (Å²) in [4.78, 5) is 39.7. The Bertz CT molecular complexity index is 1130. The number of pyridine rings is 1. The SMILES string of the molecule is COc1cc(-c2cc(C(=O)N3CCC(C(=O)NC(C)c4ncccn4)CC3)[nH]n2)c(Cl)cn1. The maximum atomic E-state index is 13.0. The second-order valence-corrected chi connectivity index (χ2v) is 8.18. The summed E-state index contributed by atoms with van der Waals surface area (Å²) in [5.74, 6) is 0.586. The number of nitrogens with one attached hydrogen (secondary N) is 2. The molecule has 1 fully saturated rings. The second-order valence-electron chi connectivity index (χ2n) is 7.78. The first-order valence-electron chi connectivity index (χ1n) is 10.6. The van der Waals surface area contributed by atoms with Gasteiger partial charge in [0.2, 0.25) is 11.8 Å². The minimum Gasteiger partial charge on any atom is -0.481 e. The molecule has 10 nitrogen and oxygen atoms in total. The molecule has 2 amide bonds. The highest BCUT2D eigenvalue weighted by Crippen LogP contribution is 2.29. The molecule has 0 aromatic carbocycles. The van der Waals surface area contributed by atoms with Crippen LogP contribution in [0.1, 0.15) is 42.1 Å². The highest BCUT2D eigenvalue weighted by Gasteiger charge is 2.29. The molecule has 0 spiro atoms. The Balaban J connectivity index is 1.35. The van der Waals surface area contributed by atoms with Crippen LogP contribution in [0.15, 0.2) is 36.8 Å². The summed E-state index contributed by atoms with van der Waals surface area (Å²) in [6.07, 6.45) is 5.93. The number of carbonyl (C=O) groups is 2. The molecule has 1 aliphatic heterocycles. The molecule has 172 valence electrons. The van der Waals surface area contributed by atoms with E-state index in [0.717, 1.165) is 0 Å². The average molecular weight is 470 g/mol. The normalized spacial score (nSPS) is 15.2. The fourth-order valence-corrected chi connectivity index (χ4v) is 3.94. The lowest BCUT2D eigenvalue weighted by Gasteiger charge is -2.31. The third-order valence-corrected chi connectivity index (χ3v) is 5.91. The third kappa shape index (κ3) is 5.11. The van der Waals surface area contributed by atoms with Crippen molar-refractivity contribution >= 4 is 23.4 Å². The number of rotatable bonds is 6. The molecule has 1 unspecified atom stereocenters. The number of nitrogens with zero attached hydrogens (tertiary/aromatic N) is 5. The van der Waals surface area contributed by atoms with E-state index in [2.05, 4.69) is 30.5 Å². The Morgan fingerprint density at radius 1 is 1.21 bits per heavy atom. The number of piperidine rings is 1. The molecule has 3 aromatic rings. The van der Waals surface area contributed by atoms with Gasteiger partial charge in [-0.2, -0.15) is 5.10 Å². The van der Waals surface area contributed by atoms with Crippen molar-refractivity contribution in [2.75, 3.05) is 20.2 Å². The van der Waals surface area contributed by atoms with E-state index in [-0.39, 0.29) is 23.8 Å². The molecular weight excluding hydrogens is 446 g/mol. The van der Waals surface area contributed by atoms with Gasteiger partial charge in [-0.25, -0.2) is 15.0 Å². The van der Waals surface area contributed by atoms with Gasteiger partial charge in [0, 0.05) is 43.0 Å². The van der Waals surface area contributed by atoms with E-state index < -0.39 is 0 Å². The fourth-order valence-electron chi connectivity index (χ4n) is 3.74. The standard InChI is InChI=1S/C22H24ClN7O3/c1-13(20-24-6-3-7-25-20)27-21(31)14-4-8-30(9-5-14)22(32)18-11-17(28-29-18)15-10-19(33-2)26-12-16(15)23/h3,6-7,10-14H,4-5,8-9H2,1-2H3,(H,27,31)(H,28,29). The number of H-pyrrole nitrogens is 1. The van der Waals surface area contributed by atoms with Crippen LogP contribution < -0.4 is 10.1 Å². The molecule has 1 atom stereocenters. The summed E-state index contributed by atoms with van der Waals surface area (Å²) in [7, 11) is 1.51. The van der Waals surface area contributed by atoms with Crippen LogP contribution in [0.2, 0.25) is 5.02 Å². The molecule has 0 saturated carbocycles. The zero-order valence-electron chi connectivity index (χ0n) is 18.3. The van der Waals surface area contributed by atoms with Gasteiger partial charge in [0.05, 0.1) is 30.1 Å². The van der Waals surface area contributed by atoms with Crippen LogP contribution in [0.5, 0.6) is 5.88 Å². The van der Waals surface area contributed by atoms with Crippen LogP contribution in [-0.4, -0.2) is 62.1 Å². The summed E-state index contributed by atoms with van der Waals surface area (Å²) >= 11 is 6.23. The minimum atomic E-state index is -0.277. The predicted octanol–water partition coefficient (Wildman–Crippen LogP) is 2.65. The lowest BCUT2D eigenvalue weighted by molar-refractivity contribution is -0.127. The van der Waals surface area contributed by atoms with Gasteiger partial charge in [-0.05, 0) is 31.9 Å². The Kier molecular flexibility index (Phi) is 6.83. The first-order chi connectivity index (χ1) is 16.0. The molecule has 4 heterocycles.